The number of nitrogens with zero attached hydrogens (tertiary/aromatic N) is 2. The maximum absolute atomic E-state index is 12.6. The number of amidine groups is 1. The van der Waals surface area contributed by atoms with E-state index in [0.717, 1.165) is 41.2 Å². The van der Waals surface area contributed by atoms with Crippen molar-refractivity contribution in [3.8, 4) is 5.75 Å². The van der Waals surface area contributed by atoms with Crippen molar-refractivity contribution in [3.63, 3.8) is 0 Å². The highest BCUT2D eigenvalue weighted by Crippen LogP contribution is 2.42. The minimum atomic E-state index is -0.179. The van der Waals surface area contributed by atoms with Gasteiger partial charge in [0.25, 0.3) is 5.91 Å². The molecule has 2 heterocycles. The van der Waals surface area contributed by atoms with Gasteiger partial charge in [-0.15, -0.1) is 0 Å². The summed E-state index contributed by atoms with van der Waals surface area (Å²) >= 11 is 8.02. The molecular formula is C26H28ClN3O2S. The summed E-state index contributed by atoms with van der Waals surface area (Å²) in [6, 6.07) is 11.5. The van der Waals surface area contributed by atoms with Crippen molar-refractivity contribution in [3.05, 3.63) is 63.5 Å². The third-order valence-corrected chi connectivity index (χ3v) is 7.02. The Morgan fingerprint density at radius 1 is 1.24 bits per heavy atom. The standard InChI is InChI=1S/C26H28ClN3O2S/c1-6-11-30-22-14-21(27)17(12-20(22)16(2)15-26(30,3)4)13-23-24(31)29-25(33-23)28-18-7-9-19(32-5)10-8-18/h7-10,12-15H,6,11H2,1-5H3,(H,28,29,31)/b23-13+. The first-order valence-corrected chi connectivity index (χ1v) is 12.2. The minimum Gasteiger partial charge on any atom is -0.497 e. The number of halogens is 1. The van der Waals surface area contributed by atoms with Gasteiger partial charge in [-0.25, -0.2) is 4.99 Å². The molecule has 0 radical (unpaired) electrons. The lowest BCUT2D eigenvalue weighted by Gasteiger charge is -2.43. The number of benzene rings is 2. The van der Waals surface area contributed by atoms with Gasteiger partial charge in [-0.2, -0.15) is 0 Å². The summed E-state index contributed by atoms with van der Waals surface area (Å²) in [5.74, 6) is 0.581. The van der Waals surface area contributed by atoms with Crippen molar-refractivity contribution in [1.29, 1.82) is 0 Å². The highest BCUT2D eigenvalue weighted by atomic mass is 35.5. The Morgan fingerprint density at radius 3 is 2.64 bits per heavy atom. The number of rotatable bonds is 5. The predicted molar refractivity (Wildman–Crippen MR) is 141 cm³/mol. The zero-order valence-electron chi connectivity index (χ0n) is 19.5. The summed E-state index contributed by atoms with van der Waals surface area (Å²) in [6.45, 7) is 9.71. The lowest BCUT2D eigenvalue weighted by molar-refractivity contribution is -0.115. The van der Waals surface area contributed by atoms with Crippen LogP contribution >= 0.6 is 23.4 Å². The predicted octanol–water partition coefficient (Wildman–Crippen LogP) is 6.65. The molecule has 0 atom stereocenters. The van der Waals surface area contributed by atoms with Crippen molar-refractivity contribution >= 4 is 57.5 Å². The number of carbonyl (C=O) groups is 1. The van der Waals surface area contributed by atoms with E-state index in [0.29, 0.717) is 15.1 Å². The van der Waals surface area contributed by atoms with Crippen LogP contribution in [0.1, 0.15) is 45.2 Å². The van der Waals surface area contributed by atoms with E-state index in [-0.39, 0.29) is 11.4 Å². The number of thioether (sulfide) groups is 1. The first-order chi connectivity index (χ1) is 15.7. The van der Waals surface area contributed by atoms with Crippen molar-refractivity contribution in [2.45, 2.75) is 39.7 Å². The second kappa shape index (κ2) is 9.27. The Hall–Kier alpha value is -2.70. The fourth-order valence-electron chi connectivity index (χ4n) is 4.25. The largest absolute Gasteiger partial charge is 0.497 e. The Labute approximate surface area is 204 Å². The number of hydrogen-bond acceptors (Lipinski definition) is 5. The number of fused-ring (bicyclic) bond motifs is 1. The van der Waals surface area contributed by atoms with Gasteiger partial charge in [0.1, 0.15) is 5.75 Å². The fraction of sp³-hybridized carbons (Fsp3) is 0.308. The van der Waals surface area contributed by atoms with E-state index in [9.17, 15) is 4.79 Å². The highest BCUT2D eigenvalue weighted by molar-refractivity contribution is 8.18. The minimum absolute atomic E-state index is 0.0790. The Balaban J connectivity index is 1.65. The van der Waals surface area contributed by atoms with Crippen LogP contribution in [0.3, 0.4) is 0 Å². The quantitative estimate of drug-likeness (QED) is 0.485. The maximum atomic E-state index is 12.6. The molecule has 33 heavy (non-hydrogen) atoms. The second-order valence-electron chi connectivity index (χ2n) is 8.70. The number of methoxy groups -OCH3 is 1. The number of hydrogen-bond donors (Lipinski definition) is 1. The summed E-state index contributed by atoms with van der Waals surface area (Å²) in [5.41, 5.74) is 4.98. The van der Waals surface area contributed by atoms with Crippen LogP contribution in [-0.2, 0) is 4.79 Å². The molecule has 4 rings (SSSR count). The first kappa shape index (κ1) is 23.5. The van der Waals surface area contributed by atoms with Gasteiger partial charge in [-0.1, -0.05) is 24.6 Å². The number of nitrogens with one attached hydrogen (secondary N) is 1. The molecule has 1 N–H and O–H groups in total. The third-order valence-electron chi connectivity index (χ3n) is 5.78. The van der Waals surface area contributed by atoms with Crippen molar-refractivity contribution in [1.82, 2.24) is 5.32 Å². The zero-order valence-corrected chi connectivity index (χ0v) is 21.1. The maximum Gasteiger partial charge on any atom is 0.264 e. The molecule has 5 nitrogen and oxygen atoms in total. The van der Waals surface area contributed by atoms with E-state index in [1.54, 1.807) is 7.11 Å². The van der Waals surface area contributed by atoms with Gasteiger partial charge in [0.05, 0.1) is 23.2 Å². The molecule has 2 aromatic rings. The van der Waals surface area contributed by atoms with E-state index in [4.69, 9.17) is 16.3 Å². The van der Waals surface area contributed by atoms with E-state index >= 15 is 0 Å². The number of amides is 1. The lowest BCUT2D eigenvalue weighted by Crippen LogP contribution is -2.45. The molecule has 0 spiro atoms. The Morgan fingerprint density at radius 2 is 1.97 bits per heavy atom. The number of ether oxygens (including phenoxy) is 1. The van der Waals surface area contributed by atoms with Crippen LogP contribution in [0.5, 0.6) is 5.75 Å². The Bertz CT molecular complexity index is 1180. The van der Waals surface area contributed by atoms with Crippen molar-refractivity contribution in [2.75, 3.05) is 18.6 Å². The number of allylic oxidation sites excluding steroid dienone is 1. The van der Waals surface area contributed by atoms with E-state index in [1.807, 2.05) is 36.4 Å². The molecule has 1 amide bonds. The summed E-state index contributed by atoms with van der Waals surface area (Å²) < 4.78 is 5.18. The molecule has 2 aromatic carbocycles. The number of anilines is 1. The molecule has 0 aliphatic carbocycles. The van der Waals surface area contributed by atoms with Crippen molar-refractivity contribution in [2.24, 2.45) is 4.99 Å². The van der Waals surface area contributed by atoms with Gasteiger partial charge in [0, 0.05) is 22.8 Å². The average molecular weight is 482 g/mol. The van der Waals surface area contributed by atoms with Crippen LogP contribution in [0.25, 0.3) is 11.6 Å². The topological polar surface area (TPSA) is 53.9 Å². The van der Waals surface area contributed by atoms with Crippen LogP contribution in [0.2, 0.25) is 5.02 Å². The Kier molecular flexibility index (Phi) is 6.59. The van der Waals surface area contributed by atoms with E-state index in [1.165, 1.54) is 17.3 Å². The van der Waals surface area contributed by atoms with Gasteiger partial charge in [-0.3, -0.25) is 4.79 Å². The van der Waals surface area contributed by atoms with Crippen LogP contribution < -0.4 is 15.0 Å². The molecule has 2 aliphatic heterocycles. The summed E-state index contributed by atoms with van der Waals surface area (Å²) in [5, 5.41) is 4.00. The lowest BCUT2D eigenvalue weighted by atomic mass is 9.87. The van der Waals surface area contributed by atoms with E-state index in [2.05, 4.69) is 55.0 Å². The monoisotopic (exact) mass is 481 g/mol. The average Bonchev–Trinajstić information content (AvgIpc) is 3.11. The molecule has 1 fully saturated rings. The first-order valence-electron chi connectivity index (χ1n) is 11.0. The molecular weight excluding hydrogens is 454 g/mol. The molecule has 0 saturated carbocycles. The number of carbonyl (C=O) groups excluding carboxylic acids is 1. The normalized spacial score (nSPS) is 19.5. The molecule has 0 unspecified atom stereocenters. The molecule has 172 valence electrons. The SMILES string of the molecule is CCCN1c2cc(Cl)c(/C=C3/SC(=Nc4ccc(OC)cc4)NC3=O)cc2C(C)=CC1(C)C. The summed E-state index contributed by atoms with van der Waals surface area (Å²) in [7, 11) is 1.62. The smallest absolute Gasteiger partial charge is 0.264 e. The highest BCUT2D eigenvalue weighted by Gasteiger charge is 2.31. The molecule has 2 aliphatic rings. The summed E-state index contributed by atoms with van der Waals surface area (Å²) in [6.07, 6.45) is 5.19. The van der Waals surface area contributed by atoms with E-state index < -0.39 is 0 Å². The van der Waals surface area contributed by atoms with Gasteiger partial charge in [-0.05, 0) is 92.6 Å². The van der Waals surface area contributed by atoms with Gasteiger partial charge in [0.2, 0.25) is 0 Å². The van der Waals surface area contributed by atoms with Crippen LogP contribution in [0.4, 0.5) is 11.4 Å². The fourth-order valence-corrected chi connectivity index (χ4v) is 5.30. The van der Waals surface area contributed by atoms with Crippen molar-refractivity contribution < 1.29 is 9.53 Å². The molecule has 1 saturated heterocycles. The molecule has 0 aromatic heterocycles. The third kappa shape index (κ3) is 4.82. The van der Waals surface area contributed by atoms with Gasteiger partial charge in [0.15, 0.2) is 5.17 Å². The molecule has 7 heteroatoms. The zero-order chi connectivity index (χ0) is 23.8. The van der Waals surface area contributed by atoms with Crippen LogP contribution in [-0.4, -0.2) is 30.3 Å². The summed E-state index contributed by atoms with van der Waals surface area (Å²) in [4.78, 5) is 20.1. The second-order valence-corrected chi connectivity index (χ2v) is 10.1. The van der Waals surface area contributed by atoms with Crippen LogP contribution in [0, 0.1) is 0 Å². The van der Waals surface area contributed by atoms with Crippen LogP contribution in [0.15, 0.2) is 52.4 Å². The van der Waals surface area contributed by atoms with Gasteiger partial charge < -0.3 is 15.0 Å². The molecule has 0 bridgehead atoms. The number of aliphatic imine (C=N–C) groups is 1. The van der Waals surface area contributed by atoms with Gasteiger partial charge >= 0.3 is 0 Å².